The number of methoxy groups -OCH3 is 1. The van der Waals surface area contributed by atoms with Crippen molar-refractivity contribution in [2.24, 2.45) is 5.92 Å². The monoisotopic (exact) mass is 176 g/mol. The van der Waals surface area contributed by atoms with E-state index in [-0.39, 0.29) is 0 Å². The maximum atomic E-state index is 5.35. The van der Waals surface area contributed by atoms with E-state index in [0.717, 1.165) is 17.6 Å². The number of hydrogen-bond acceptors (Lipinski definition) is 1. The van der Waals surface area contributed by atoms with Crippen LogP contribution in [0.1, 0.15) is 30.4 Å². The van der Waals surface area contributed by atoms with Crippen molar-refractivity contribution in [3.05, 3.63) is 29.3 Å². The molecule has 70 valence electrons. The molecule has 2 rings (SSSR count). The van der Waals surface area contributed by atoms with E-state index < -0.39 is 0 Å². The number of aryl methyl sites for hydroxylation is 1. The van der Waals surface area contributed by atoms with E-state index in [9.17, 15) is 0 Å². The van der Waals surface area contributed by atoms with Gasteiger partial charge in [-0.15, -0.1) is 0 Å². The zero-order valence-corrected chi connectivity index (χ0v) is 8.50. The van der Waals surface area contributed by atoms with Crippen molar-refractivity contribution in [1.82, 2.24) is 0 Å². The van der Waals surface area contributed by atoms with Gasteiger partial charge < -0.3 is 4.74 Å². The SMILES string of the molecule is COc1ccc(C)cc1[C@@H]1CC1C. The van der Waals surface area contributed by atoms with E-state index in [1.165, 1.54) is 17.5 Å². The van der Waals surface area contributed by atoms with E-state index in [1.54, 1.807) is 7.11 Å². The summed E-state index contributed by atoms with van der Waals surface area (Å²) in [5.41, 5.74) is 2.73. The summed E-state index contributed by atoms with van der Waals surface area (Å²) in [4.78, 5) is 0. The van der Waals surface area contributed by atoms with Crippen molar-refractivity contribution in [1.29, 1.82) is 0 Å². The Kier molecular flexibility index (Phi) is 2.03. The lowest BCUT2D eigenvalue weighted by Crippen LogP contribution is -1.91. The molecule has 1 heteroatoms. The predicted octanol–water partition coefficient (Wildman–Crippen LogP) is 3.13. The molecule has 0 saturated heterocycles. The van der Waals surface area contributed by atoms with Crippen molar-refractivity contribution in [2.75, 3.05) is 7.11 Å². The lowest BCUT2D eigenvalue weighted by molar-refractivity contribution is 0.409. The van der Waals surface area contributed by atoms with Gasteiger partial charge >= 0.3 is 0 Å². The fourth-order valence-electron chi connectivity index (χ4n) is 1.90. The fraction of sp³-hybridized carbons (Fsp3) is 0.500. The van der Waals surface area contributed by atoms with Crippen molar-refractivity contribution in [3.63, 3.8) is 0 Å². The van der Waals surface area contributed by atoms with Crippen LogP contribution in [0.3, 0.4) is 0 Å². The molecule has 0 aliphatic heterocycles. The molecule has 1 nitrogen and oxygen atoms in total. The molecular weight excluding hydrogens is 160 g/mol. The molecule has 1 aromatic carbocycles. The Hall–Kier alpha value is -0.980. The van der Waals surface area contributed by atoms with Crippen molar-refractivity contribution in [3.8, 4) is 5.75 Å². The summed E-state index contributed by atoms with van der Waals surface area (Å²) in [7, 11) is 1.75. The van der Waals surface area contributed by atoms with Crippen LogP contribution in [0.15, 0.2) is 18.2 Å². The number of rotatable bonds is 2. The average Bonchev–Trinajstić information content (AvgIpc) is 2.82. The standard InChI is InChI=1S/C12H16O/c1-8-4-5-12(13-3)11(6-8)10-7-9(10)2/h4-6,9-10H,7H2,1-3H3/t9?,10-/m1/s1. The van der Waals surface area contributed by atoms with Crippen molar-refractivity contribution in [2.45, 2.75) is 26.2 Å². The smallest absolute Gasteiger partial charge is 0.122 e. The van der Waals surface area contributed by atoms with Crippen molar-refractivity contribution >= 4 is 0 Å². The van der Waals surface area contributed by atoms with Crippen LogP contribution >= 0.6 is 0 Å². The molecule has 0 N–H and O–H groups in total. The zero-order chi connectivity index (χ0) is 9.42. The molecule has 1 aliphatic carbocycles. The molecule has 0 bridgehead atoms. The van der Waals surface area contributed by atoms with Gasteiger partial charge in [0.2, 0.25) is 0 Å². The molecule has 1 unspecified atom stereocenters. The van der Waals surface area contributed by atoms with Gasteiger partial charge in [-0.2, -0.15) is 0 Å². The Bertz CT molecular complexity index is 317. The Morgan fingerprint density at radius 2 is 2.08 bits per heavy atom. The topological polar surface area (TPSA) is 9.23 Å². The molecule has 13 heavy (non-hydrogen) atoms. The van der Waals surface area contributed by atoms with Gasteiger partial charge in [0.15, 0.2) is 0 Å². The minimum Gasteiger partial charge on any atom is -0.496 e. The summed E-state index contributed by atoms with van der Waals surface area (Å²) in [5.74, 6) is 2.64. The Labute approximate surface area is 79.7 Å². The van der Waals surface area contributed by atoms with Gasteiger partial charge in [0.05, 0.1) is 7.11 Å². The van der Waals surface area contributed by atoms with E-state index in [4.69, 9.17) is 4.74 Å². The van der Waals surface area contributed by atoms with Gasteiger partial charge in [0, 0.05) is 0 Å². The quantitative estimate of drug-likeness (QED) is 0.672. The molecule has 0 spiro atoms. The molecule has 1 aliphatic rings. The molecule has 1 fully saturated rings. The largest absolute Gasteiger partial charge is 0.496 e. The van der Waals surface area contributed by atoms with Crippen molar-refractivity contribution < 1.29 is 4.74 Å². The van der Waals surface area contributed by atoms with Crippen LogP contribution in [0, 0.1) is 12.8 Å². The lowest BCUT2D eigenvalue weighted by atomic mass is 10.1. The lowest BCUT2D eigenvalue weighted by Gasteiger charge is -2.08. The van der Waals surface area contributed by atoms with Crippen LogP contribution in [0.5, 0.6) is 5.75 Å². The van der Waals surface area contributed by atoms with E-state index in [0.29, 0.717) is 0 Å². The summed E-state index contributed by atoms with van der Waals surface area (Å²) < 4.78 is 5.35. The van der Waals surface area contributed by atoms with Crippen LogP contribution in [0.4, 0.5) is 0 Å². The summed E-state index contributed by atoms with van der Waals surface area (Å²) in [6.45, 7) is 4.43. The Morgan fingerprint density at radius 1 is 1.38 bits per heavy atom. The highest BCUT2D eigenvalue weighted by molar-refractivity contribution is 5.42. The van der Waals surface area contributed by atoms with Gasteiger partial charge in [-0.3, -0.25) is 0 Å². The van der Waals surface area contributed by atoms with E-state index in [1.807, 2.05) is 0 Å². The minimum absolute atomic E-state index is 0.745. The first kappa shape index (κ1) is 8.61. The van der Waals surface area contributed by atoms with Crippen LogP contribution in [0.2, 0.25) is 0 Å². The molecule has 2 atom stereocenters. The highest BCUT2D eigenvalue weighted by atomic mass is 16.5. The van der Waals surface area contributed by atoms with Gasteiger partial charge in [0.25, 0.3) is 0 Å². The molecular formula is C12H16O. The van der Waals surface area contributed by atoms with Crippen LogP contribution in [-0.4, -0.2) is 7.11 Å². The van der Waals surface area contributed by atoms with Crippen LogP contribution < -0.4 is 4.74 Å². The third kappa shape index (κ3) is 1.55. The maximum absolute atomic E-state index is 5.35. The fourth-order valence-corrected chi connectivity index (χ4v) is 1.90. The first-order valence-electron chi connectivity index (χ1n) is 4.87. The highest BCUT2D eigenvalue weighted by Crippen LogP contribution is 2.49. The second kappa shape index (κ2) is 3.06. The van der Waals surface area contributed by atoms with E-state index in [2.05, 4.69) is 32.0 Å². The first-order valence-corrected chi connectivity index (χ1v) is 4.87. The van der Waals surface area contributed by atoms with Gasteiger partial charge in [-0.1, -0.05) is 24.6 Å². The Morgan fingerprint density at radius 3 is 2.62 bits per heavy atom. The average molecular weight is 176 g/mol. The highest BCUT2D eigenvalue weighted by Gasteiger charge is 2.35. The second-order valence-electron chi connectivity index (χ2n) is 4.06. The molecule has 0 heterocycles. The number of hydrogen-bond donors (Lipinski definition) is 0. The molecule has 0 amide bonds. The summed E-state index contributed by atoms with van der Waals surface area (Å²) in [5, 5.41) is 0. The third-order valence-corrected chi connectivity index (χ3v) is 2.89. The predicted molar refractivity (Wildman–Crippen MR) is 54.3 cm³/mol. The first-order chi connectivity index (χ1) is 6.22. The third-order valence-electron chi connectivity index (χ3n) is 2.89. The van der Waals surface area contributed by atoms with Crippen LogP contribution in [-0.2, 0) is 0 Å². The summed E-state index contributed by atoms with van der Waals surface area (Å²) in [6, 6.07) is 6.44. The normalized spacial score (nSPS) is 25.8. The molecule has 0 aromatic heterocycles. The number of benzene rings is 1. The molecule has 1 saturated carbocycles. The van der Waals surface area contributed by atoms with Gasteiger partial charge in [-0.05, 0) is 36.8 Å². The van der Waals surface area contributed by atoms with Gasteiger partial charge in [0.1, 0.15) is 5.75 Å². The summed E-state index contributed by atoms with van der Waals surface area (Å²) in [6.07, 6.45) is 1.32. The zero-order valence-electron chi connectivity index (χ0n) is 8.50. The number of ether oxygens (including phenoxy) is 1. The molecule has 0 radical (unpaired) electrons. The second-order valence-corrected chi connectivity index (χ2v) is 4.06. The van der Waals surface area contributed by atoms with Gasteiger partial charge in [-0.25, -0.2) is 0 Å². The van der Waals surface area contributed by atoms with E-state index >= 15 is 0 Å². The maximum Gasteiger partial charge on any atom is 0.122 e. The molecule has 1 aromatic rings. The Balaban J connectivity index is 2.35. The summed E-state index contributed by atoms with van der Waals surface area (Å²) >= 11 is 0. The van der Waals surface area contributed by atoms with Crippen LogP contribution in [0.25, 0.3) is 0 Å². The minimum atomic E-state index is 0.745.